The predicted molar refractivity (Wildman–Crippen MR) is 73.1 cm³/mol. The molecule has 0 amide bonds. The van der Waals surface area contributed by atoms with Gasteiger partial charge in [0, 0.05) is 11.5 Å². The van der Waals surface area contributed by atoms with Crippen LogP contribution in [0, 0.1) is 5.92 Å². The molecule has 0 radical (unpaired) electrons. The minimum absolute atomic E-state index is 0.495. The summed E-state index contributed by atoms with van der Waals surface area (Å²) in [6.45, 7) is 0. The molecule has 0 unspecified atom stereocenters. The lowest BCUT2D eigenvalue weighted by atomic mass is 9.83. The average Bonchev–Trinajstić information content (AvgIpc) is 2.46. The van der Waals surface area contributed by atoms with E-state index in [9.17, 15) is 0 Å². The van der Waals surface area contributed by atoms with Gasteiger partial charge in [0.25, 0.3) is 0 Å². The smallest absolute Gasteiger partial charge is 0.128 e. The largest absolute Gasteiger partial charge is 0.496 e. The zero-order valence-corrected chi connectivity index (χ0v) is 11.2. The molecule has 1 saturated carbocycles. The van der Waals surface area contributed by atoms with Crippen LogP contribution in [0.5, 0.6) is 5.75 Å². The Balaban J connectivity index is 2.31. The van der Waals surface area contributed by atoms with Crippen molar-refractivity contribution in [3.8, 4) is 5.75 Å². The Hall–Kier alpha value is -1.51. The fourth-order valence-electron chi connectivity index (χ4n) is 2.67. The van der Waals surface area contributed by atoms with Crippen LogP contribution in [-0.4, -0.2) is 19.9 Å². The molecule has 0 N–H and O–H groups in total. The normalized spacial score (nSPS) is 17.6. The van der Waals surface area contributed by atoms with Gasteiger partial charge in [-0.1, -0.05) is 36.6 Å². The number of rotatable bonds is 4. The number of hydrogen-bond donors (Lipinski definition) is 0. The molecule has 18 heavy (non-hydrogen) atoms. The average molecular weight is 247 g/mol. The minimum atomic E-state index is 0.495. The second-order valence-corrected chi connectivity index (χ2v) is 4.69. The summed E-state index contributed by atoms with van der Waals surface area (Å²) in [6, 6.07) is 8.04. The van der Waals surface area contributed by atoms with Gasteiger partial charge in [-0.25, -0.2) is 0 Å². The Morgan fingerprint density at radius 3 is 2.50 bits per heavy atom. The van der Waals surface area contributed by atoms with Crippen molar-refractivity contribution in [1.82, 2.24) is 0 Å². The lowest BCUT2D eigenvalue weighted by Gasteiger charge is -2.23. The molecular formula is C15H21NO2. The highest BCUT2D eigenvalue weighted by Gasteiger charge is 2.23. The van der Waals surface area contributed by atoms with E-state index in [2.05, 4.69) is 11.2 Å². The van der Waals surface area contributed by atoms with Crippen molar-refractivity contribution < 1.29 is 9.57 Å². The van der Waals surface area contributed by atoms with Gasteiger partial charge in [0.1, 0.15) is 12.9 Å². The van der Waals surface area contributed by atoms with Crippen LogP contribution in [0.25, 0.3) is 0 Å². The molecule has 0 aromatic heterocycles. The third kappa shape index (κ3) is 2.84. The maximum Gasteiger partial charge on any atom is 0.128 e. The highest BCUT2D eigenvalue weighted by molar-refractivity contribution is 6.04. The number of benzene rings is 1. The number of oxime groups is 1. The van der Waals surface area contributed by atoms with Gasteiger partial charge < -0.3 is 9.57 Å². The highest BCUT2D eigenvalue weighted by atomic mass is 16.6. The zero-order valence-electron chi connectivity index (χ0n) is 11.2. The summed E-state index contributed by atoms with van der Waals surface area (Å²) in [4.78, 5) is 5.04. The third-order valence-corrected chi connectivity index (χ3v) is 3.56. The van der Waals surface area contributed by atoms with Crippen LogP contribution < -0.4 is 4.74 Å². The molecule has 0 aliphatic heterocycles. The Kier molecular flexibility index (Phi) is 4.62. The Morgan fingerprint density at radius 2 is 1.83 bits per heavy atom. The van der Waals surface area contributed by atoms with E-state index in [0.717, 1.165) is 17.0 Å². The lowest BCUT2D eigenvalue weighted by Crippen LogP contribution is -2.20. The summed E-state index contributed by atoms with van der Waals surface area (Å²) in [6.07, 6.45) is 6.29. The molecule has 3 nitrogen and oxygen atoms in total. The zero-order chi connectivity index (χ0) is 12.8. The maximum absolute atomic E-state index is 5.43. The molecule has 0 heterocycles. The molecule has 1 aliphatic rings. The van der Waals surface area contributed by atoms with Crippen LogP contribution in [-0.2, 0) is 4.84 Å². The molecule has 98 valence electrons. The second kappa shape index (κ2) is 6.43. The lowest BCUT2D eigenvalue weighted by molar-refractivity contribution is 0.209. The summed E-state index contributed by atoms with van der Waals surface area (Å²) in [5, 5.41) is 4.26. The first-order valence-electron chi connectivity index (χ1n) is 6.61. The number of methoxy groups -OCH3 is 1. The first-order chi connectivity index (χ1) is 8.86. The number of ether oxygens (including phenoxy) is 1. The predicted octanol–water partition coefficient (Wildman–Crippen LogP) is 3.63. The summed E-state index contributed by atoms with van der Waals surface area (Å²) < 4.78 is 5.43. The molecule has 0 atom stereocenters. The fraction of sp³-hybridized carbons (Fsp3) is 0.533. The first kappa shape index (κ1) is 12.9. The molecule has 1 aliphatic carbocycles. The fourth-order valence-corrected chi connectivity index (χ4v) is 2.67. The minimum Gasteiger partial charge on any atom is -0.496 e. The van der Waals surface area contributed by atoms with E-state index in [1.807, 2.05) is 18.2 Å². The molecule has 0 bridgehead atoms. The molecule has 1 fully saturated rings. The molecule has 1 aromatic carbocycles. The van der Waals surface area contributed by atoms with Gasteiger partial charge in [-0.3, -0.25) is 0 Å². The van der Waals surface area contributed by atoms with Crippen molar-refractivity contribution >= 4 is 5.71 Å². The second-order valence-electron chi connectivity index (χ2n) is 4.69. The van der Waals surface area contributed by atoms with Gasteiger partial charge >= 0.3 is 0 Å². The van der Waals surface area contributed by atoms with Gasteiger partial charge in [-0.15, -0.1) is 0 Å². The molecule has 3 heteroatoms. The number of para-hydroxylation sites is 1. The van der Waals surface area contributed by atoms with Crippen molar-refractivity contribution in [1.29, 1.82) is 0 Å². The van der Waals surface area contributed by atoms with Crippen LogP contribution in [0.3, 0.4) is 0 Å². The molecule has 1 aromatic rings. The molecular weight excluding hydrogens is 226 g/mol. The van der Waals surface area contributed by atoms with Crippen LogP contribution in [0.1, 0.15) is 37.7 Å². The van der Waals surface area contributed by atoms with E-state index in [-0.39, 0.29) is 0 Å². The molecule has 0 spiro atoms. The van der Waals surface area contributed by atoms with E-state index in [0.29, 0.717) is 5.92 Å². The molecule has 0 saturated heterocycles. The van der Waals surface area contributed by atoms with Gasteiger partial charge in [-0.05, 0) is 25.0 Å². The van der Waals surface area contributed by atoms with Crippen molar-refractivity contribution in [3.05, 3.63) is 29.8 Å². The maximum atomic E-state index is 5.43. The van der Waals surface area contributed by atoms with E-state index >= 15 is 0 Å². The standard InChI is InChI=1S/C15H21NO2/c1-17-14-11-7-6-10-13(14)15(16-18-2)12-8-4-3-5-9-12/h6-7,10-12H,3-5,8-9H2,1-2H3. The number of nitrogens with zero attached hydrogens (tertiary/aromatic N) is 1. The first-order valence-corrected chi connectivity index (χ1v) is 6.61. The summed E-state index contributed by atoms with van der Waals surface area (Å²) in [5.41, 5.74) is 2.10. The topological polar surface area (TPSA) is 30.8 Å². The van der Waals surface area contributed by atoms with Crippen molar-refractivity contribution in [3.63, 3.8) is 0 Å². The van der Waals surface area contributed by atoms with Gasteiger partial charge in [0.2, 0.25) is 0 Å². The number of hydrogen-bond acceptors (Lipinski definition) is 3. The van der Waals surface area contributed by atoms with Crippen LogP contribution >= 0.6 is 0 Å². The Bertz CT molecular complexity index is 409. The van der Waals surface area contributed by atoms with E-state index < -0.39 is 0 Å². The molecule has 2 rings (SSSR count). The van der Waals surface area contributed by atoms with Gasteiger partial charge in [0.15, 0.2) is 0 Å². The van der Waals surface area contributed by atoms with Crippen LogP contribution in [0.2, 0.25) is 0 Å². The van der Waals surface area contributed by atoms with E-state index in [1.54, 1.807) is 14.2 Å². The van der Waals surface area contributed by atoms with Gasteiger partial charge in [0.05, 0.1) is 12.8 Å². The third-order valence-electron chi connectivity index (χ3n) is 3.56. The van der Waals surface area contributed by atoms with E-state index in [1.165, 1.54) is 32.1 Å². The van der Waals surface area contributed by atoms with Crippen molar-refractivity contribution in [2.45, 2.75) is 32.1 Å². The van der Waals surface area contributed by atoms with Gasteiger partial charge in [-0.2, -0.15) is 0 Å². The summed E-state index contributed by atoms with van der Waals surface area (Å²) in [5.74, 6) is 1.37. The van der Waals surface area contributed by atoms with Crippen LogP contribution in [0.4, 0.5) is 0 Å². The monoisotopic (exact) mass is 247 g/mol. The Labute approximate surface area is 109 Å². The SMILES string of the molecule is CON=C(c1ccccc1OC)C1CCCCC1. The van der Waals surface area contributed by atoms with E-state index in [4.69, 9.17) is 9.57 Å². The van der Waals surface area contributed by atoms with Crippen molar-refractivity contribution in [2.24, 2.45) is 11.1 Å². The van der Waals surface area contributed by atoms with Crippen LogP contribution in [0.15, 0.2) is 29.4 Å². The van der Waals surface area contributed by atoms with Crippen molar-refractivity contribution in [2.75, 3.05) is 14.2 Å². The highest BCUT2D eigenvalue weighted by Crippen LogP contribution is 2.30. The quantitative estimate of drug-likeness (QED) is 0.601. The Morgan fingerprint density at radius 1 is 1.11 bits per heavy atom. The summed E-state index contributed by atoms with van der Waals surface area (Å²) >= 11 is 0. The summed E-state index contributed by atoms with van der Waals surface area (Å²) in [7, 11) is 3.31.